The number of benzene rings is 1. The van der Waals surface area contributed by atoms with Gasteiger partial charge in [0.05, 0.1) is 0 Å². The summed E-state index contributed by atoms with van der Waals surface area (Å²) in [6.45, 7) is 1.88. The number of aryl methyl sites for hydroxylation is 1. The Bertz CT molecular complexity index is 500. The van der Waals surface area contributed by atoms with Gasteiger partial charge in [0.25, 0.3) is 0 Å². The first-order valence-corrected chi connectivity index (χ1v) is 7.18. The molecule has 2 aliphatic carbocycles. The van der Waals surface area contributed by atoms with E-state index in [2.05, 4.69) is 5.32 Å². The second kappa shape index (κ2) is 4.95. The molecule has 2 fully saturated rings. The highest BCUT2D eigenvalue weighted by molar-refractivity contribution is 5.91. The van der Waals surface area contributed by atoms with E-state index in [1.54, 1.807) is 6.07 Å². The predicted molar refractivity (Wildman–Crippen MR) is 73.3 cm³/mol. The van der Waals surface area contributed by atoms with Crippen molar-refractivity contribution in [1.82, 2.24) is 0 Å². The van der Waals surface area contributed by atoms with Crippen LogP contribution in [0.1, 0.15) is 37.7 Å². The lowest BCUT2D eigenvalue weighted by Crippen LogP contribution is -2.20. The van der Waals surface area contributed by atoms with Gasteiger partial charge in [-0.05, 0) is 61.6 Å². The number of hydrogen-bond donors (Lipinski definition) is 1. The molecule has 1 amide bonds. The van der Waals surface area contributed by atoms with Crippen LogP contribution in [-0.2, 0) is 4.79 Å². The third-order valence-corrected chi connectivity index (χ3v) is 4.81. The van der Waals surface area contributed by atoms with Crippen molar-refractivity contribution >= 4 is 11.6 Å². The maximum atomic E-state index is 13.2. The van der Waals surface area contributed by atoms with Gasteiger partial charge in [-0.25, -0.2) is 4.39 Å². The van der Waals surface area contributed by atoms with Crippen molar-refractivity contribution in [3.8, 4) is 0 Å². The summed E-state index contributed by atoms with van der Waals surface area (Å²) >= 11 is 0. The topological polar surface area (TPSA) is 29.1 Å². The van der Waals surface area contributed by atoms with Crippen LogP contribution < -0.4 is 5.32 Å². The van der Waals surface area contributed by atoms with Crippen LogP contribution in [0.25, 0.3) is 0 Å². The maximum absolute atomic E-state index is 13.2. The summed E-state index contributed by atoms with van der Waals surface area (Å²) in [5.41, 5.74) is 1.51. The van der Waals surface area contributed by atoms with Crippen LogP contribution in [-0.4, -0.2) is 5.91 Å². The van der Waals surface area contributed by atoms with Gasteiger partial charge in [-0.15, -0.1) is 0 Å². The first kappa shape index (κ1) is 12.6. The van der Waals surface area contributed by atoms with Crippen molar-refractivity contribution in [2.24, 2.45) is 17.8 Å². The average Bonchev–Trinajstić information content (AvgIpc) is 2.96. The molecule has 2 aliphatic rings. The number of nitrogens with one attached hydrogen (secondary N) is 1. The molecule has 1 aromatic rings. The lowest BCUT2D eigenvalue weighted by Gasteiger charge is -2.21. The Morgan fingerprint density at radius 1 is 1.37 bits per heavy atom. The number of hydrogen-bond acceptors (Lipinski definition) is 1. The standard InChI is InChI=1S/C16H20FNO/c1-10-2-5-14(17)9-15(10)18-16(19)8-13-7-11-3-4-12(13)6-11/h2,5,9,11-13H,3-4,6-8H2,1H3,(H,18,19)/t11-,12-,13+/m1/s1. The summed E-state index contributed by atoms with van der Waals surface area (Å²) in [5, 5.41) is 2.86. The molecule has 0 aliphatic heterocycles. The van der Waals surface area contributed by atoms with E-state index in [9.17, 15) is 9.18 Å². The van der Waals surface area contributed by atoms with E-state index in [0.717, 1.165) is 17.4 Å². The highest BCUT2D eigenvalue weighted by Crippen LogP contribution is 2.49. The van der Waals surface area contributed by atoms with Gasteiger partial charge >= 0.3 is 0 Å². The smallest absolute Gasteiger partial charge is 0.224 e. The van der Waals surface area contributed by atoms with Gasteiger partial charge in [0.15, 0.2) is 0 Å². The molecule has 3 atom stereocenters. The summed E-state index contributed by atoms with van der Waals surface area (Å²) in [6.07, 6.45) is 5.77. The molecule has 0 heterocycles. The van der Waals surface area contributed by atoms with E-state index in [-0.39, 0.29) is 11.7 Å². The molecule has 0 radical (unpaired) electrons. The summed E-state index contributed by atoms with van der Waals surface area (Å²) in [5.74, 6) is 1.89. The van der Waals surface area contributed by atoms with Crippen LogP contribution in [0.4, 0.5) is 10.1 Å². The van der Waals surface area contributed by atoms with Crippen molar-refractivity contribution in [1.29, 1.82) is 0 Å². The van der Waals surface area contributed by atoms with Gasteiger partial charge < -0.3 is 5.32 Å². The molecule has 0 unspecified atom stereocenters. The number of amides is 1. The minimum atomic E-state index is -0.305. The second-order valence-corrected chi connectivity index (χ2v) is 6.15. The monoisotopic (exact) mass is 261 g/mol. The van der Waals surface area contributed by atoms with Crippen LogP contribution in [0.2, 0.25) is 0 Å². The fourth-order valence-electron chi connectivity index (χ4n) is 3.79. The minimum Gasteiger partial charge on any atom is -0.326 e. The van der Waals surface area contributed by atoms with Gasteiger partial charge in [-0.3, -0.25) is 4.79 Å². The van der Waals surface area contributed by atoms with Gasteiger partial charge in [0, 0.05) is 12.1 Å². The van der Waals surface area contributed by atoms with Crippen LogP contribution in [0.15, 0.2) is 18.2 Å². The van der Waals surface area contributed by atoms with Crippen molar-refractivity contribution in [2.45, 2.75) is 39.0 Å². The minimum absolute atomic E-state index is 0.0336. The van der Waals surface area contributed by atoms with Crippen LogP contribution >= 0.6 is 0 Å². The van der Waals surface area contributed by atoms with Crippen LogP contribution in [0.5, 0.6) is 0 Å². The van der Waals surface area contributed by atoms with E-state index in [0.29, 0.717) is 18.0 Å². The molecule has 3 heteroatoms. The normalized spacial score (nSPS) is 28.6. The van der Waals surface area contributed by atoms with E-state index in [1.165, 1.54) is 37.8 Å². The fourth-order valence-corrected chi connectivity index (χ4v) is 3.79. The quantitative estimate of drug-likeness (QED) is 0.878. The van der Waals surface area contributed by atoms with Crippen LogP contribution in [0.3, 0.4) is 0 Å². The average molecular weight is 261 g/mol. The molecular formula is C16H20FNO. The number of halogens is 1. The molecule has 2 bridgehead atoms. The lowest BCUT2D eigenvalue weighted by molar-refractivity contribution is -0.117. The third kappa shape index (κ3) is 2.65. The van der Waals surface area contributed by atoms with E-state index >= 15 is 0 Å². The highest BCUT2D eigenvalue weighted by atomic mass is 19.1. The number of carbonyl (C=O) groups excluding carboxylic acids is 1. The van der Waals surface area contributed by atoms with Gasteiger partial charge in [-0.2, -0.15) is 0 Å². The van der Waals surface area contributed by atoms with Gasteiger partial charge in [0.2, 0.25) is 5.91 Å². The molecule has 102 valence electrons. The van der Waals surface area contributed by atoms with Crippen molar-refractivity contribution in [3.05, 3.63) is 29.6 Å². The zero-order chi connectivity index (χ0) is 13.4. The second-order valence-electron chi connectivity index (χ2n) is 6.15. The lowest BCUT2D eigenvalue weighted by atomic mass is 9.86. The van der Waals surface area contributed by atoms with E-state index in [1.807, 2.05) is 6.92 Å². The highest BCUT2D eigenvalue weighted by Gasteiger charge is 2.40. The molecule has 3 rings (SSSR count). The summed E-state index contributed by atoms with van der Waals surface area (Å²) in [7, 11) is 0. The molecular weight excluding hydrogens is 241 g/mol. The Balaban J connectivity index is 1.61. The molecule has 19 heavy (non-hydrogen) atoms. The predicted octanol–water partition coefficient (Wildman–Crippen LogP) is 3.90. The first-order valence-electron chi connectivity index (χ1n) is 7.18. The summed E-state index contributed by atoms with van der Waals surface area (Å²) < 4.78 is 13.2. The van der Waals surface area contributed by atoms with E-state index < -0.39 is 0 Å². The summed E-state index contributed by atoms with van der Waals surface area (Å²) in [4.78, 5) is 12.1. The number of rotatable bonds is 3. The Morgan fingerprint density at radius 3 is 2.89 bits per heavy atom. The third-order valence-electron chi connectivity index (χ3n) is 4.81. The Kier molecular flexibility index (Phi) is 3.29. The number of anilines is 1. The zero-order valence-corrected chi connectivity index (χ0v) is 11.3. The van der Waals surface area contributed by atoms with Crippen LogP contribution in [0, 0.1) is 30.5 Å². The molecule has 2 saturated carbocycles. The molecule has 1 N–H and O–H groups in total. The molecule has 0 aromatic heterocycles. The maximum Gasteiger partial charge on any atom is 0.224 e. The molecule has 1 aromatic carbocycles. The van der Waals surface area contributed by atoms with Gasteiger partial charge in [0.1, 0.15) is 5.82 Å². The number of carbonyl (C=O) groups is 1. The summed E-state index contributed by atoms with van der Waals surface area (Å²) in [6, 6.07) is 4.51. The van der Waals surface area contributed by atoms with Crippen molar-refractivity contribution in [3.63, 3.8) is 0 Å². The molecule has 0 spiro atoms. The Morgan fingerprint density at radius 2 is 2.21 bits per heavy atom. The Hall–Kier alpha value is -1.38. The van der Waals surface area contributed by atoms with Crippen molar-refractivity contribution < 1.29 is 9.18 Å². The first-order chi connectivity index (χ1) is 9.11. The number of fused-ring (bicyclic) bond motifs is 2. The van der Waals surface area contributed by atoms with Gasteiger partial charge in [-0.1, -0.05) is 12.5 Å². The SMILES string of the molecule is Cc1ccc(F)cc1NC(=O)C[C@@H]1C[C@@H]2CC[C@@H]1C2. The zero-order valence-electron chi connectivity index (χ0n) is 11.3. The molecule has 0 saturated heterocycles. The fraction of sp³-hybridized carbons (Fsp3) is 0.562. The Labute approximate surface area is 113 Å². The van der Waals surface area contributed by atoms with E-state index in [4.69, 9.17) is 0 Å². The van der Waals surface area contributed by atoms with Crippen molar-refractivity contribution in [2.75, 3.05) is 5.32 Å². The largest absolute Gasteiger partial charge is 0.326 e. The molecule has 2 nitrogen and oxygen atoms in total.